The summed E-state index contributed by atoms with van der Waals surface area (Å²) in [7, 11) is 0. The van der Waals surface area contributed by atoms with Crippen molar-refractivity contribution in [3.05, 3.63) is 65.2 Å². The van der Waals surface area contributed by atoms with Crippen LogP contribution in [0.15, 0.2) is 48.5 Å². The Morgan fingerprint density at radius 3 is 2.58 bits per heavy atom. The highest BCUT2D eigenvalue weighted by atomic mass is 16.5. The maximum Gasteiger partial charge on any atom is 0.119 e. The van der Waals surface area contributed by atoms with Crippen LogP contribution in [0.5, 0.6) is 5.75 Å². The lowest BCUT2D eigenvalue weighted by Crippen LogP contribution is -2.21. The van der Waals surface area contributed by atoms with Gasteiger partial charge in [0.2, 0.25) is 0 Å². The van der Waals surface area contributed by atoms with Crippen LogP contribution in [0.2, 0.25) is 0 Å². The average Bonchev–Trinajstić information content (AvgIpc) is 2.43. The molecule has 0 aliphatic rings. The van der Waals surface area contributed by atoms with E-state index in [9.17, 15) is 0 Å². The van der Waals surface area contributed by atoms with Crippen molar-refractivity contribution in [2.24, 2.45) is 0 Å². The number of nitrogens with one attached hydrogen (secondary N) is 1. The highest BCUT2D eigenvalue weighted by Crippen LogP contribution is 2.10. The van der Waals surface area contributed by atoms with E-state index < -0.39 is 0 Å². The fourth-order valence-electron chi connectivity index (χ4n) is 1.97. The number of hydrogen-bond acceptors (Lipinski definition) is 2. The van der Waals surface area contributed by atoms with Crippen molar-refractivity contribution in [1.82, 2.24) is 5.32 Å². The van der Waals surface area contributed by atoms with Crippen LogP contribution in [0.1, 0.15) is 16.7 Å². The summed E-state index contributed by atoms with van der Waals surface area (Å²) < 4.78 is 5.64. The van der Waals surface area contributed by atoms with Crippen LogP contribution in [0, 0.1) is 13.8 Å². The molecule has 19 heavy (non-hydrogen) atoms. The first-order valence-corrected chi connectivity index (χ1v) is 6.70. The van der Waals surface area contributed by atoms with Crippen LogP contribution < -0.4 is 10.1 Å². The van der Waals surface area contributed by atoms with Crippen LogP contribution in [0.25, 0.3) is 0 Å². The van der Waals surface area contributed by atoms with Crippen LogP contribution in [-0.2, 0) is 6.54 Å². The molecule has 2 aromatic carbocycles. The van der Waals surface area contributed by atoms with Gasteiger partial charge in [0.1, 0.15) is 12.4 Å². The number of hydrogen-bond donors (Lipinski definition) is 1. The first-order valence-electron chi connectivity index (χ1n) is 6.70. The Hall–Kier alpha value is -1.80. The van der Waals surface area contributed by atoms with Gasteiger partial charge in [-0.05, 0) is 37.1 Å². The zero-order chi connectivity index (χ0) is 13.5. The van der Waals surface area contributed by atoms with E-state index in [0.717, 1.165) is 18.8 Å². The monoisotopic (exact) mass is 255 g/mol. The topological polar surface area (TPSA) is 21.3 Å². The van der Waals surface area contributed by atoms with E-state index in [4.69, 9.17) is 4.74 Å². The third-order valence-electron chi connectivity index (χ3n) is 3.11. The SMILES string of the molecule is Cc1ccc(C)c(CNCCOc2ccccc2)c1. The molecule has 100 valence electrons. The Morgan fingerprint density at radius 2 is 1.79 bits per heavy atom. The van der Waals surface area contributed by atoms with Gasteiger partial charge in [0, 0.05) is 13.1 Å². The summed E-state index contributed by atoms with van der Waals surface area (Å²) in [6, 6.07) is 16.5. The Bertz CT molecular complexity index is 508. The minimum absolute atomic E-state index is 0.689. The Balaban J connectivity index is 1.71. The Morgan fingerprint density at radius 1 is 1.00 bits per heavy atom. The molecule has 0 aromatic heterocycles. The molecule has 0 fully saturated rings. The molecule has 0 aliphatic carbocycles. The summed E-state index contributed by atoms with van der Waals surface area (Å²) in [5.74, 6) is 0.927. The van der Waals surface area contributed by atoms with Crippen LogP contribution in [0.4, 0.5) is 0 Å². The lowest BCUT2D eigenvalue weighted by Gasteiger charge is -2.10. The van der Waals surface area contributed by atoms with E-state index in [1.165, 1.54) is 16.7 Å². The van der Waals surface area contributed by atoms with E-state index in [-0.39, 0.29) is 0 Å². The van der Waals surface area contributed by atoms with Gasteiger partial charge in [-0.3, -0.25) is 0 Å². The fraction of sp³-hybridized carbons (Fsp3) is 0.294. The molecule has 2 rings (SSSR count). The standard InChI is InChI=1S/C17H21NO/c1-14-8-9-15(2)16(12-14)13-18-10-11-19-17-6-4-3-5-7-17/h3-9,12,18H,10-11,13H2,1-2H3. The molecule has 1 N–H and O–H groups in total. The van der Waals surface area contributed by atoms with E-state index >= 15 is 0 Å². The maximum absolute atomic E-state index is 5.64. The minimum Gasteiger partial charge on any atom is -0.492 e. The van der Waals surface area contributed by atoms with Gasteiger partial charge in [-0.25, -0.2) is 0 Å². The lowest BCUT2D eigenvalue weighted by molar-refractivity contribution is 0.313. The largest absolute Gasteiger partial charge is 0.492 e. The second-order valence-electron chi connectivity index (χ2n) is 4.77. The van der Waals surface area contributed by atoms with Gasteiger partial charge in [0.15, 0.2) is 0 Å². The number of ether oxygens (including phenoxy) is 1. The number of para-hydroxylation sites is 1. The molecule has 2 nitrogen and oxygen atoms in total. The van der Waals surface area contributed by atoms with Crippen molar-refractivity contribution in [2.45, 2.75) is 20.4 Å². The summed E-state index contributed by atoms with van der Waals surface area (Å²) in [5.41, 5.74) is 4.00. The third kappa shape index (κ3) is 4.42. The maximum atomic E-state index is 5.64. The molecule has 0 saturated carbocycles. The zero-order valence-electron chi connectivity index (χ0n) is 11.6. The molecular formula is C17H21NO. The molecule has 0 spiro atoms. The lowest BCUT2D eigenvalue weighted by atomic mass is 10.1. The summed E-state index contributed by atoms with van der Waals surface area (Å²) >= 11 is 0. The average molecular weight is 255 g/mol. The molecular weight excluding hydrogens is 234 g/mol. The van der Waals surface area contributed by atoms with Crippen molar-refractivity contribution in [3.63, 3.8) is 0 Å². The molecule has 0 saturated heterocycles. The van der Waals surface area contributed by atoms with Crippen LogP contribution in [0.3, 0.4) is 0 Å². The zero-order valence-corrected chi connectivity index (χ0v) is 11.6. The summed E-state index contributed by atoms with van der Waals surface area (Å²) in [6.45, 7) is 6.71. The van der Waals surface area contributed by atoms with Gasteiger partial charge in [-0.15, -0.1) is 0 Å². The van der Waals surface area contributed by atoms with E-state index in [2.05, 4.69) is 37.4 Å². The van der Waals surface area contributed by atoms with Gasteiger partial charge in [0.25, 0.3) is 0 Å². The van der Waals surface area contributed by atoms with Crippen molar-refractivity contribution >= 4 is 0 Å². The highest BCUT2D eigenvalue weighted by Gasteiger charge is 1.98. The van der Waals surface area contributed by atoms with E-state index in [0.29, 0.717) is 6.61 Å². The fourth-order valence-corrected chi connectivity index (χ4v) is 1.97. The Kier molecular flexibility index (Phi) is 4.99. The van der Waals surface area contributed by atoms with Crippen molar-refractivity contribution < 1.29 is 4.74 Å². The summed E-state index contributed by atoms with van der Waals surface area (Å²) in [5, 5.41) is 3.41. The van der Waals surface area contributed by atoms with Gasteiger partial charge >= 0.3 is 0 Å². The smallest absolute Gasteiger partial charge is 0.119 e. The van der Waals surface area contributed by atoms with Gasteiger partial charge in [-0.1, -0.05) is 42.0 Å². The first-order chi connectivity index (χ1) is 9.25. The van der Waals surface area contributed by atoms with Gasteiger partial charge in [-0.2, -0.15) is 0 Å². The molecule has 0 atom stereocenters. The van der Waals surface area contributed by atoms with E-state index in [1.807, 2.05) is 30.3 Å². The molecule has 0 heterocycles. The second-order valence-corrected chi connectivity index (χ2v) is 4.77. The second kappa shape index (κ2) is 6.95. The van der Waals surface area contributed by atoms with Crippen LogP contribution in [-0.4, -0.2) is 13.2 Å². The van der Waals surface area contributed by atoms with Crippen molar-refractivity contribution in [1.29, 1.82) is 0 Å². The quantitative estimate of drug-likeness (QED) is 0.798. The molecule has 0 aliphatic heterocycles. The first kappa shape index (κ1) is 13.6. The van der Waals surface area contributed by atoms with Gasteiger partial charge in [0.05, 0.1) is 0 Å². The summed E-state index contributed by atoms with van der Waals surface area (Å²) in [4.78, 5) is 0. The number of aryl methyl sites for hydroxylation is 2. The van der Waals surface area contributed by atoms with Crippen molar-refractivity contribution in [2.75, 3.05) is 13.2 Å². The van der Waals surface area contributed by atoms with Crippen LogP contribution >= 0.6 is 0 Å². The third-order valence-corrected chi connectivity index (χ3v) is 3.11. The molecule has 2 aromatic rings. The van der Waals surface area contributed by atoms with Crippen molar-refractivity contribution in [3.8, 4) is 5.75 Å². The number of rotatable bonds is 6. The molecule has 0 amide bonds. The molecule has 0 bridgehead atoms. The Labute approximate surface area is 115 Å². The highest BCUT2D eigenvalue weighted by molar-refractivity contribution is 5.30. The minimum atomic E-state index is 0.689. The predicted octanol–water partition coefficient (Wildman–Crippen LogP) is 3.47. The summed E-state index contributed by atoms with van der Waals surface area (Å²) in [6.07, 6.45) is 0. The van der Waals surface area contributed by atoms with Gasteiger partial charge < -0.3 is 10.1 Å². The number of benzene rings is 2. The normalized spacial score (nSPS) is 10.4. The molecule has 0 radical (unpaired) electrons. The van der Waals surface area contributed by atoms with E-state index in [1.54, 1.807) is 0 Å². The predicted molar refractivity (Wildman–Crippen MR) is 79.6 cm³/mol. The molecule has 0 unspecified atom stereocenters. The molecule has 2 heteroatoms.